The second-order valence-corrected chi connectivity index (χ2v) is 4.89. The van der Waals surface area contributed by atoms with Crippen molar-refractivity contribution in [1.82, 2.24) is 10.2 Å². The quantitative estimate of drug-likeness (QED) is 0.839. The Morgan fingerprint density at radius 2 is 2.35 bits per heavy atom. The predicted octanol–water partition coefficient (Wildman–Crippen LogP) is 1.74. The lowest BCUT2D eigenvalue weighted by molar-refractivity contribution is 0.0895. The summed E-state index contributed by atoms with van der Waals surface area (Å²) in [4.78, 5) is 14.4. The third-order valence-corrected chi connectivity index (χ3v) is 3.85. The summed E-state index contributed by atoms with van der Waals surface area (Å²) in [6, 6.07) is 6.53. The van der Waals surface area contributed by atoms with Gasteiger partial charge in [-0.3, -0.25) is 9.69 Å². The van der Waals surface area contributed by atoms with Crippen molar-refractivity contribution in [2.75, 3.05) is 19.6 Å². The molecule has 3 rings (SSSR count). The van der Waals surface area contributed by atoms with Crippen molar-refractivity contribution in [1.29, 1.82) is 0 Å². The molecule has 17 heavy (non-hydrogen) atoms. The molecule has 1 atom stereocenters. The molecule has 0 saturated carbocycles. The van der Waals surface area contributed by atoms with Crippen LogP contribution in [0.3, 0.4) is 0 Å². The number of amides is 1. The second-order valence-electron chi connectivity index (χ2n) is 4.89. The van der Waals surface area contributed by atoms with Gasteiger partial charge in [0.15, 0.2) is 0 Å². The highest BCUT2D eigenvalue weighted by atomic mass is 16.1. The molecule has 0 radical (unpaired) electrons. The van der Waals surface area contributed by atoms with Gasteiger partial charge in [0.25, 0.3) is 5.91 Å². The molecule has 2 aliphatic rings. The van der Waals surface area contributed by atoms with Gasteiger partial charge in [0.05, 0.1) is 6.04 Å². The maximum absolute atomic E-state index is 11.9. The van der Waals surface area contributed by atoms with Crippen molar-refractivity contribution in [2.45, 2.75) is 25.8 Å². The van der Waals surface area contributed by atoms with E-state index in [1.807, 2.05) is 12.1 Å². The lowest BCUT2D eigenvalue weighted by atomic mass is 9.86. The van der Waals surface area contributed by atoms with E-state index in [2.05, 4.69) is 23.2 Å². The Morgan fingerprint density at radius 3 is 3.18 bits per heavy atom. The van der Waals surface area contributed by atoms with Crippen molar-refractivity contribution < 1.29 is 4.79 Å². The van der Waals surface area contributed by atoms with E-state index in [0.717, 1.165) is 31.6 Å². The van der Waals surface area contributed by atoms with E-state index >= 15 is 0 Å². The Kier molecular flexibility index (Phi) is 2.63. The number of carbonyl (C=O) groups excluding carboxylic acids is 1. The minimum Gasteiger partial charge on any atom is -0.350 e. The molecule has 0 aliphatic carbocycles. The molecule has 2 heterocycles. The Morgan fingerprint density at radius 1 is 1.47 bits per heavy atom. The second kappa shape index (κ2) is 4.15. The smallest absolute Gasteiger partial charge is 0.251 e. The Balaban J connectivity index is 2.06. The zero-order chi connectivity index (χ0) is 11.8. The topological polar surface area (TPSA) is 32.3 Å². The first-order valence-corrected chi connectivity index (χ1v) is 6.45. The molecule has 0 saturated heterocycles. The Hall–Kier alpha value is -1.35. The highest BCUT2D eigenvalue weighted by Crippen LogP contribution is 2.34. The summed E-state index contributed by atoms with van der Waals surface area (Å²) >= 11 is 0. The number of hydrogen-bond donors (Lipinski definition) is 1. The van der Waals surface area contributed by atoms with Crippen LogP contribution in [0.15, 0.2) is 18.2 Å². The van der Waals surface area contributed by atoms with E-state index in [9.17, 15) is 4.79 Å². The lowest BCUT2D eigenvalue weighted by Gasteiger charge is -2.40. The van der Waals surface area contributed by atoms with Crippen LogP contribution < -0.4 is 5.32 Å². The van der Waals surface area contributed by atoms with Gasteiger partial charge in [0.1, 0.15) is 0 Å². The van der Waals surface area contributed by atoms with Gasteiger partial charge in [0.2, 0.25) is 0 Å². The molecular formula is C14H18N2O. The molecule has 0 fully saturated rings. The van der Waals surface area contributed by atoms with Crippen molar-refractivity contribution in [3.8, 4) is 0 Å². The fourth-order valence-electron chi connectivity index (χ4n) is 3.10. The molecule has 2 aliphatic heterocycles. The molecule has 3 nitrogen and oxygen atoms in total. The van der Waals surface area contributed by atoms with Crippen LogP contribution in [-0.2, 0) is 6.42 Å². The molecule has 1 N–H and O–H groups in total. The van der Waals surface area contributed by atoms with E-state index in [1.165, 1.54) is 17.5 Å². The summed E-state index contributed by atoms with van der Waals surface area (Å²) in [7, 11) is 0. The number of hydrogen-bond acceptors (Lipinski definition) is 2. The van der Waals surface area contributed by atoms with E-state index in [-0.39, 0.29) is 5.91 Å². The molecule has 3 heteroatoms. The van der Waals surface area contributed by atoms with Crippen LogP contribution in [0.2, 0.25) is 0 Å². The highest BCUT2D eigenvalue weighted by molar-refractivity contribution is 5.97. The first-order valence-electron chi connectivity index (χ1n) is 6.45. The summed E-state index contributed by atoms with van der Waals surface area (Å²) < 4.78 is 0. The molecule has 90 valence electrons. The van der Waals surface area contributed by atoms with Crippen LogP contribution >= 0.6 is 0 Å². The maximum Gasteiger partial charge on any atom is 0.251 e. The number of rotatable bonds is 2. The zero-order valence-electron chi connectivity index (χ0n) is 10.2. The van der Waals surface area contributed by atoms with E-state index < -0.39 is 0 Å². The maximum atomic E-state index is 11.9. The molecule has 1 unspecified atom stereocenters. The van der Waals surface area contributed by atoms with Gasteiger partial charge >= 0.3 is 0 Å². The van der Waals surface area contributed by atoms with Crippen molar-refractivity contribution >= 4 is 5.91 Å². The third kappa shape index (κ3) is 1.65. The average Bonchev–Trinajstić information content (AvgIpc) is 2.36. The fraction of sp³-hybridized carbons (Fsp3) is 0.500. The van der Waals surface area contributed by atoms with Crippen LogP contribution in [0.25, 0.3) is 0 Å². The first-order chi connectivity index (χ1) is 8.31. The summed E-state index contributed by atoms with van der Waals surface area (Å²) in [5.74, 6) is 0.0939. The average molecular weight is 230 g/mol. The van der Waals surface area contributed by atoms with Gasteiger partial charge in [-0.05, 0) is 36.6 Å². The summed E-state index contributed by atoms with van der Waals surface area (Å²) in [5.41, 5.74) is 3.55. The van der Waals surface area contributed by atoms with Crippen molar-refractivity contribution in [2.24, 2.45) is 0 Å². The zero-order valence-corrected chi connectivity index (χ0v) is 10.2. The number of nitrogens with zero attached hydrogens (tertiary/aromatic N) is 1. The van der Waals surface area contributed by atoms with Crippen LogP contribution in [0.5, 0.6) is 0 Å². The molecule has 0 bridgehead atoms. The minimum atomic E-state index is 0.0939. The molecule has 0 spiro atoms. The highest BCUT2D eigenvalue weighted by Gasteiger charge is 2.33. The number of carbonyl (C=O) groups is 1. The van der Waals surface area contributed by atoms with E-state index in [0.29, 0.717) is 6.04 Å². The van der Waals surface area contributed by atoms with Gasteiger partial charge in [-0.15, -0.1) is 0 Å². The van der Waals surface area contributed by atoms with Gasteiger partial charge in [-0.1, -0.05) is 19.1 Å². The number of benzene rings is 1. The van der Waals surface area contributed by atoms with Crippen LogP contribution in [0, 0.1) is 0 Å². The molecule has 1 amide bonds. The van der Waals surface area contributed by atoms with Gasteiger partial charge in [-0.2, -0.15) is 0 Å². The molecule has 0 aromatic heterocycles. The van der Waals surface area contributed by atoms with Crippen LogP contribution in [0.1, 0.15) is 40.9 Å². The lowest BCUT2D eigenvalue weighted by Crippen LogP contribution is -2.47. The molecular weight excluding hydrogens is 212 g/mol. The largest absolute Gasteiger partial charge is 0.350 e. The van der Waals surface area contributed by atoms with Gasteiger partial charge in [0, 0.05) is 18.7 Å². The Bertz CT molecular complexity index is 456. The van der Waals surface area contributed by atoms with Crippen LogP contribution in [-0.4, -0.2) is 30.4 Å². The molecule has 1 aromatic carbocycles. The standard InChI is InChI=1S/C14H18N2O/c1-2-7-16-8-6-10-4-3-5-11-13(10)12(16)9-15-14(11)17/h3-5,12H,2,6-9H2,1H3,(H,15,17). The Labute approximate surface area is 102 Å². The van der Waals surface area contributed by atoms with Crippen LogP contribution in [0.4, 0.5) is 0 Å². The van der Waals surface area contributed by atoms with Crippen molar-refractivity contribution in [3.63, 3.8) is 0 Å². The number of nitrogens with one attached hydrogen (secondary N) is 1. The summed E-state index contributed by atoms with van der Waals surface area (Å²) in [6.45, 7) is 5.21. The SMILES string of the molecule is CCCN1CCc2cccc3c2C1CNC3=O. The van der Waals surface area contributed by atoms with Gasteiger partial charge in [-0.25, -0.2) is 0 Å². The predicted molar refractivity (Wildman–Crippen MR) is 67.1 cm³/mol. The van der Waals surface area contributed by atoms with E-state index in [1.54, 1.807) is 0 Å². The third-order valence-electron chi connectivity index (χ3n) is 3.85. The summed E-state index contributed by atoms with van der Waals surface area (Å²) in [5, 5.41) is 3.01. The van der Waals surface area contributed by atoms with Gasteiger partial charge < -0.3 is 5.32 Å². The minimum absolute atomic E-state index is 0.0939. The first kappa shape index (κ1) is 10.8. The van der Waals surface area contributed by atoms with E-state index in [4.69, 9.17) is 0 Å². The monoisotopic (exact) mass is 230 g/mol. The van der Waals surface area contributed by atoms with Crippen molar-refractivity contribution in [3.05, 3.63) is 34.9 Å². The molecule has 1 aromatic rings. The fourth-order valence-corrected chi connectivity index (χ4v) is 3.10. The summed E-state index contributed by atoms with van der Waals surface area (Å²) in [6.07, 6.45) is 2.24. The normalized spacial score (nSPS) is 23.1.